The highest BCUT2D eigenvalue weighted by atomic mass is 16.5. The minimum Gasteiger partial charge on any atom is -0.480 e. The van der Waals surface area contributed by atoms with Crippen molar-refractivity contribution in [2.24, 2.45) is 0 Å². The van der Waals surface area contributed by atoms with Crippen molar-refractivity contribution in [2.75, 3.05) is 13.7 Å². The molecule has 1 atom stereocenters. The first-order valence-electron chi connectivity index (χ1n) is 10.3. The summed E-state index contributed by atoms with van der Waals surface area (Å²) in [7, 11) is 1.47. The lowest BCUT2D eigenvalue weighted by Gasteiger charge is -2.17. The summed E-state index contributed by atoms with van der Waals surface area (Å²) in [6.45, 7) is 0.124. The molecule has 32 heavy (non-hydrogen) atoms. The van der Waals surface area contributed by atoms with Crippen LogP contribution in [0.3, 0.4) is 0 Å². The van der Waals surface area contributed by atoms with Crippen molar-refractivity contribution in [3.63, 3.8) is 0 Å². The van der Waals surface area contributed by atoms with E-state index < -0.39 is 18.1 Å². The number of nitrogens with zero attached hydrogens (tertiary/aromatic N) is 2. The topological polar surface area (TPSA) is 111 Å². The van der Waals surface area contributed by atoms with Crippen molar-refractivity contribution in [3.8, 4) is 17.1 Å². The molecule has 0 fully saturated rings. The molecule has 0 aliphatic heterocycles. The summed E-state index contributed by atoms with van der Waals surface area (Å²) in [5.74, 6) is -1.22. The molecule has 8 heteroatoms. The Hall–Kier alpha value is -3.94. The number of fused-ring (bicyclic) bond motifs is 3. The van der Waals surface area contributed by atoms with E-state index in [0.717, 1.165) is 27.8 Å². The van der Waals surface area contributed by atoms with E-state index in [1.165, 1.54) is 7.11 Å². The van der Waals surface area contributed by atoms with Gasteiger partial charge >= 0.3 is 18.1 Å². The number of ether oxygens (including phenoxy) is 2. The predicted octanol–water partition coefficient (Wildman–Crippen LogP) is 3.41. The molecule has 2 N–H and O–H groups in total. The summed E-state index contributed by atoms with van der Waals surface area (Å²) in [6, 6.07) is 15.2. The molecule has 2 aromatic carbocycles. The van der Waals surface area contributed by atoms with Gasteiger partial charge < -0.3 is 19.9 Å². The summed E-state index contributed by atoms with van der Waals surface area (Å²) in [6.07, 6.45) is 2.93. The van der Waals surface area contributed by atoms with E-state index in [-0.39, 0.29) is 25.0 Å². The molecule has 1 amide bonds. The lowest BCUT2D eigenvalue weighted by atomic mass is 9.98. The number of aryl methyl sites for hydroxylation is 1. The van der Waals surface area contributed by atoms with E-state index in [2.05, 4.69) is 27.4 Å². The number of hydrogen-bond acceptors (Lipinski definition) is 6. The van der Waals surface area contributed by atoms with E-state index in [1.807, 2.05) is 36.4 Å². The third-order valence-electron chi connectivity index (χ3n) is 5.52. The van der Waals surface area contributed by atoms with Gasteiger partial charge in [0.2, 0.25) is 0 Å². The van der Waals surface area contributed by atoms with E-state index in [1.54, 1.807) is 12.4 Å². The van der Waals surface area contributed by atoms with Gasteiger partial charge in [0, 0.05) is 18.3 Å². The van der Waals surface area contributed by atoms with Crippen molar-refractivity contribution in [3.05, 3.63) is 77.6 Å². The van der Waals surface area contributed by atoms with Crippen LogP contribution in [0, 0.1) is 0 Å². The molecular weight excluding hydrogens is 410 g/mol. The number of benzene rings is 2. The number of carbonyl (C=O) groups is 2. The van der Waals surface area contributed by atoms with Crippen molar-refractivity contribution >= 4 is 12.1 Å². The summed E-state index contributed by atoms with van der Waals surface area (Å²) < 4.78 is 10.4. The van der Waals surface area contributed by atoms with Crippen LogP contribution in [0.2, 0.25) is 0 Å². The van der Waals surface area contributed by atoms with Crippen LogP contribution < -0.4 is 10.1 Å². The second kappa shape index (κ2) is 9.47. The van der Waals surface area contributed by atoms with E-state index >= 15 is 0 Å². The Morgan fingerprint density at radius 2 is 1.62 bits per heavy atom. The van der Waals surface area contributed by atoms with Crippen LogP contribution in [-0.2, 0) is 16.0 Å². The maximum absolute atomic E-state index is 12.4. The third kappa shape index (κ3) is 4.54. The predicted molar refractivity (Wildman–Crippen MR) is 117 cm³/mol. The molecule has 0 spiro atoms. The highest BCUT2D eigenvalue weighted by Crippen LogP contribution is 2.44. The lowest BCUT2D eigenvalue weighted by Crippen LogP contribution is -2.41. The molecule has 8 nitrogen and oxygen atoms in total. The first-order valence-corrected chi connectivity index (χ1v) is 10.3. The number of carbonyl (C=O) groups excluding carboxylic acids is 1. The van der Waals surface area contributed by atoms with Gasteiger partial charge in [-0.1, -0.05) is 48.5 Å². The molecule has 1 aromatic heterocycles. The fourth-order valence-corrected chi connectivity index (χ4v) is 3.93. The Morgan fingerprint density at radius 1 is 1.03 bits per heavy atom. The summed E-state index contributed by atoms with van der Waals surface area (Å²) in [5.41, 5.74) is 5.18. The highest BCUT2D eigenvalue weighted by molar-refractivity contribution is 5.81. The number of carboxylic acid groups (broad SMARTS) is 1. The monoisotopic (exact) mass is 433 g/mol. The number of rotatable bonds is 8. The van der Waals surface area contributed by atoms with Gasteiger partial charge in [0.05, 0.1) is 7.11 Å². The number of carboxylic acids is 1. The largest absolute Gasteiger partial charge is 0.480 e. The summed E-state index contributed by atoms with van der Waals surface area (Å²) >= 11 is 0. The van der Waals surface area contributed by atoms with Gasteiger partial charge in [-0.2, -0.15) is 0 Å². The normalized spacial score (nSPS) is 13.0. The van der Waals surface area contributed by atoms with Crippen molar-refractivity contribution in [2.45, 2.75) is 24.8 Å². The second-order valence-corrected chi connectivity index (χ2v) is 7.48. The van der Waals surface area contributed by atoms with Crippen LogP contribution in [0.4, 0.5) is 4.79 Å². The smallest absolute Gasteiger partial charge is 0.407 e. The maximum Gasteiger partial charge on any atom is 0.407 e. The van der Waals surface area contributed by atoms with Gasteiger partial charge in [-0.05, 0) is 40.7 Å². The average Bonchev–Trinajstić information content (AvgIpc) is 3.14. The van der Waals surface area contributed by atoms with Crippen LogP contribution in [0.15, 0.2) is 60.9 Å². The Balaban J connectivity index is 1.36. The zero-order valence-electron chi connectivity index (χ0n) is 17.5. The standard InChI is InChI=1S/C24H23N3O5/c1-31-23-25-12-15(13-26-23)10-11-21(22(28)29)27-24(30)32-14-20-18-8-4-2-6-16(18)17-7-3-5-9-19(17)20/h2-9,12-13,20-21H,10-11,14H2,1H3,(H,27,30)(H,28,29)/t21-/m1/s1. The SMILES string of the molecule is COc1ncc(CC[C@@H](NC(=O)OCC2c3ccccc3-c3ccccc32)C(=O)O)cn1. The molecule has 0 saturated carbocycles. The Morgan fingerprint density at radius 3 is 2.19 bits per heavy atom. The summed E-state index contributed by atoms with van der Waals surface area (Å²) in [4.78, 5) is 32.0. The van der Waals surface area contributed by atoms with Gasteiger partial charge in [0.1, 0.15) is 12.6 Å². The summed E-state index contributed by atoms with van der Waals surface area (Å²) in [5, 5.41) is 12.0. The molecule has 4 rings (SSSR count). The second-order valence-electron chi connectivity index (χ2n) is 7.48. The zero-order valence-corrected chi connectivity index (χ0v) is 17.5. The number of methoxy groups -OCH3 is 1. The van der Waals surface area contributed by atoms with Gasteiger partial charge in [-0.15, -0.1) is 0 Å². The molecule has 0 saturated heterocycles. The quantitative estimate of drug-likeness (QED) is 0.560. The number of aromatic nitrogens is 2. The van der Waals surface area contributed by atoms with Gasteiger partial charge in [0.25, 0.3) is 0 Å². The number of nitrogens with one attached hydrogen (secondary N) is 1. The average molecular weight is 433 g/mol. The Kier molecular flexibility index (Phi) is 6.30. The highest BCUT2D eigenvalue weighted by Gasteiger charge is 2.29. The molecule has 0 bridgehead atoms. The number of amides is 1. The minimum atomic E-state index is -1.13. The molecular formula is C24H23N3O5. The molecule has 1 aliphatic rings. The van der Waals surface area contributed by atoms with E-state index in [0.29, 0.717) is 6.42 Å². The Labute approximate surface area is 185 Å². The number of alkyl carbamates (subject to hydrolysis) is 1. The molecule has 1 aliphatic carbocycles. The first-order chi connectivity index (χ1) is 15.6. The maximum atomic E-state index is 12.4. The van der Waals surface area contributed by atoms with Gasteiger partial charge in [-0.3, -0.25) is 0 Å². The van der Waals surface area contributed by atoms with E-state index in [4.69, 9.17) is 9.47 Å². The van der Waals surface area contributed by atoms with Crippen LogP contribution in [0.1, 0.15) is 29.0 Å². The van der Waals surface area contributed by atoms with Crippen LogP contribution >= 0.6 is 0 Å². The zero-order chi connectivity index (χ0) is 22.5. The molecule has 3 aromatic rings. The van der Waals surface area contributed by atoms with Crippen LogP contribution in [-0.4, -0.2) is 46.9 Å². The number of hydrogen-bond donors (Lipinski definition) is 2. The number of aliphatic carboxylic acids is 1. The fraction of sp³-hybridized carbons (Fsp3) is 0.250. The van der Waals surface area contributed by atoms with Crippen molar-refractivity contribution < 1.29 is 24.2 Å². The van der Waals surface area contributed by atoms with E-state index in [9.17, 15) is 14.7 Å². The van der Waals surface area contributed by atoms with Crippen molar-refractivity contribution in [1.29, 1.82) is 0 Å². The molecule has 1 heterocycles. The third-order valence-corrected chi connectivity index (χ3v) is 5.52. The fourth-order valence-electron chi connectivity index (χ4n) is 3.93. The van der Waals surface area contributed by atoms with Crippen LogP contribution in [0.25, 0.3) is 11.1 Å². The Bertz CT molecular complexity index is 1070. The lowest BCUT2D eigenvalue weighted by molar-refractivity contribution is -0.139. The van der Waals surface area contributed by atoms with Gasteiger partial charge in [-0.25, -0.2) is 19.6 Å². The molecule has 0 unspecified atom stereocenters. The van der Waals surface area contributed by atoms with Crippen LogP contribution in [0.5, 0.6) is 6.01 Å². The van der Waals surface area contributed by atoms with Gasteiger partial charge in [0.15, 0.2) is 0 Å². The van der Waals surface area contributed by atoms with Crippen molar-refractivity contribution in [1.82, 2.24) is 15.3 Å². The molecule has 164 valence electrons. The minimum absolute atomic E-state index is 0.0899. The first kappa shape index (κ1) is 21.3. The molecule has 0 radical (unpaired) electrons.